The first-order valence-electron chi connectivity index (χ1n) is 6.04. The average molecular weight is 262 g/mol. The summed E-state index contributed by atoms with van der Waals surface area (Å²) >= 11 is 0. The van der Waals surface area contributed by atoms with Gasteiger partial charge in [0.15, 0.2) is 0 Å². The van der Waals surface area contributed by atoms with Crippen LogP contribution in [0.4, 0.5) is 0 Å². The number of hydrogen-bond donors (Lipinski definition) is 0. The van der Waals surface area contributed by atoms with Gasteiger partial charge in [-0.1, -0.05) is 18.2 Å². The van der Waals surface area contributed by atoms with Gasteiger partial charge in [0, 0.05) is 5.39 Å². The van der Waals surface area contributed by atoms with Crippen LogP contribution in [0.15, 0.2) is 28.7 Å². The molecule has 0 aliphatic heterocycles. The maximum absolute atomic E-state index is 12.0. The lowest BCUT2D eigenvalue weighted by Crippen LogP contribution is -2.12. The molecule has 2 aromatic rings. The van der Waals surface area contributed by atoms with Gasteiger partial charge in [-0.2, -0.15) is 0 Å². The molecule has 1 aromatic carbocycles. The molecule has 19 heavy (non-hydrogen) atoms. The smallest absolute Gasteiger partial charge is 0.375 e. The lowest BCUT2D eigenvalue weighted by molar-refractivity contribution is 0.0454. The first-order chi connectivity index (χ1) is 9.19. The predicted octanol–water partition coefficient (Wildman–Crippen LogP) is 2.79. The molecule has 0 bridgehead atoms. The van der Waals surface area contributed by atoms with E-state index in [0.29, 0.717) is 11.0 Å². The zero-order valence-electron chi connectivity index (χ0n) is 10.8. The van der Waals surface area contributed by atoms with Gasteiger partial charge < -0.3 is 13.9 Å². The monoisotopic (exact) mass is 262 g/mol. The molecule has 5 nitrogen and oxygen atoms in total. The molecular formula is C14H14O5. The largest absolute Gasteiger partial charge is 0.462 e. The number of esters is 2. The quantitative estimate of drug-likeness (QED) is 0.792. The first kappa shape index (κ1) is 13.1. The SMILES string of the molecule is CCOC(=O)c1oc2ccccc2c1C(=O)OCC. The molecule has 0 amide bonds. The summed E-state index contributed by atoms with van der Waals surface area (Å²) in [4.78, 5) is 23.8. The van der Waals surface area contributed by atoms with E-state index in [2.05, 4.69) is 0 Å². The summed E-state index contributed by atoms with van der Waals surface area (Å²) in [6, 6.07) is 6.90. The Labute approximate surface area is 110 Å². The summed E-state index contributed by atoms with van der Waals surface area (Å²) < 4.78 is 15.2. The van der Waals surface area contributed by atoms with Crippen molar-refractivity contribution in [2.75, 3.05) is 13.2 Å². The van der Waals surface area contributed by atoms with Crippen molar-refractivity contribution in [1.82, 2.24) is 0 Å². The second kappa shape index (κ2) is 5.56. The minimum absolute atomic E-state index is 0.110. The predicted molar refractivity (Wildman–Crippen MR) is 68.1 cm³/mol. The van der Waals surface area contributed by atoms with Crippen molar-refractivity contribution >= 4 is 22.9 Å². The van der Waals surface area contributed by atoms with Crippen molar-refractivity contribution < 1.29 is 23.5 Å². The number of hydrogen-bond acceptors (Lipinski definition) is 5. The van der Waals surface area contributed by atoms with E-state index in [1.165, 1.54) is 0 Å². The Balaban J connectivity index is 2.58. The third-order valence-electron chi connectivity index (χ3n) is 2.54. The normalized spacial score (nSPS) is 10.4. The van der Waals surface area contributed by atoms with Crippen LogP contribution in [0.25, 0.3) is 11.0 Å². The minimum atomic E-state index is -0.665. The molecule has 0 saturated heterocycles. The highest BCUT2D eigenvalue weighted by Crippen LogP contribution is 2.27. The molecule has 0 aliphatic carbocycles. The van der Waals surface area contributed by atoms with Crippen molar-refractivity contribution in [3.63, 3.8) is 0 Å². The van der Waals surface area contributed by atoms with Crippen LogP contribution in [-0.2, 0) is 9.47 Å². The summed E-state index contributed by atoms with van der Waals surface area (Å²) in [5.74, 6) is -1.36. The Morgan fingerprint density at radius 2 is 1.68 bits per heavy atom. The molecule has 1 heterocycles. The van der Waals surface area contributed by atoms with Crippen LogP contribution in [0, 0.1) is 0 Å². The zero-order chi connectivity index (χ0) is 13.8. The Kier molecular flexibility index (Phi) is 3.85. The van der Waals surface area contributed by atoms with Gasteiger partial charge in [-0.25, -0.2) is 9.59 Å². The number of ether oxygens (including phenoxy) is 2. The summed E-state index contributed by atoms with van der Waals surface area (Å²) in [7, 11) is 0. The molecule has 0 fully saturated rings. The summed E-state index contributed by atoms with van der Waals surface area (Å²) in [5, 5.41) is 0.545. The number of carbonyl (C=O) groups excluding carboxylic acids is 2. The second-order valence-corrected chi connectivity index (χ2v) is 3.74. The fraction of sp³-hybridized carbons (Fsp3) is 0.286. The van der Waals surface area contributed by atoms with E-state index in [0.717, 1.165) is 0 Å². The van der Waals surface area contributed by atoms with Crippen molar-refractivity contribution in [3.8, 4) is 0 Å². The van der Waals surface area contributed by atoms with Gasteiger partial charge in [0.05, 0.1) is 13.2 Å². The van der Waals surface area contributed by atoms with Crippen LogP contribution in [0.5, 0.6) is 0 Å². The molecule has 100 valence electrons. The van der Waals surface area contributed by atoms with Crippen LogP contribution < -0.4 is 0 Å². The zero-order valence-corrected chi connectivity index (χ0v) is 10.8. The molecule has 1 aromatic heterocycles. The van der Waals surface area contributed by atoms with E-state index < -0.39 is 11.9 Å². The molecule has 0 unspecified atom stereocenters. The Morgan fingerprint density at radius 1 is 1.05 bits per heavy atom. The molecule has 5 heteroatoms. The van der Waals surface area contributed by atoms with Gasteiger partial charge >= 0.3 is 11.9 Å². The molecule has 0 spiro atoms. The molecular weight excluding hydrogens is 248 g/mol. The first-order valence-corrected chi connectivity index (χ1v) is 6.04. The van der Waals surface area contributed by atoms with Gasteiger partial charge in [-0.15, -0.1) is 0 Å². The summed E-state index contributed by atoms with van der Waals surface area (Å²) in [6.45, 7) is 3.81. The number of benzene rings is 1. The van der Waals surface area contributed by atoms with Crippen LogP contribution in [-0.4, -0.2) is 25.2 Å². The van der Waals surface area contributed by atoms with E-state index in [4.69, 9.17) is 13.9 Å². The summed E-state index contributed by atoms with van der Waals surface area (Å²) in [5.41, 5.74) is 0.574. The lowest BCUT2D eigenvalue weighted by atomic mass is 10.1. The average Bonchev–Trinajstić information content (AvgIpc) is 2.78. The number of fused-ring (bicyclic) bond motifs is 1. The number of para-hydroxylation sites is 1. The third kappa shape index (κ3) is 2.45. The van der Waals surface area contributed by atoms with Crippen molar-refractivity contribution in [1.29, 1.82) is 0 Å². The van der Waals surface area contributed by atoms with Crippen LogP contribution in [0.1, 0.15) is 34.8 Å². The van der Waals surface area contributed by atoms with E-state index in [9.17, 15) is 9.59 Å². The molecule has 0 radical (unpaired) electrons. The fourth-order valence-electron chi connectivity index (χ4n) is 1.79. The molecule has 0 N–H and O–H groups in total. The highest BCUT2D eigenvalue weighted by molar-refractivity contribution is 6.11. The maximum atomic E-state index is 12.0. The minimum Gasteiger partial charge on any atom is -0.462 e. The Bertz CT molecular complexity index is 611. The molecule has 0 saturated carbocycles. The topological polar surface area (TPSA) is 65.7 Å². The van der Waals surface area contributed by atoms with Crippen molar-refractivity contribution in [2.24, 2.45) is 0 Å². The number of carbonyl (C=O) groups is 2. The summed E-state index contributed by atoms with van der Waals surface area (Å²) in [6.07, 6.45) is 0. The number of rotatable bonds is 4. The van der Waals surface area contributed by atoms with Gasteiger partial charge in [0.2, 0.25) is 5.76 Å². The Hall–Kier alpha value is -2.30. The Morgan fingerprint density at radius 3 is 2.37 bits per heavy atom. The molecule has 0 aliphatic rings. The lowest BCUT2D eigenvalue weighted by Gasteiger charge is -2.02. The highest BCUT2D eigenvalue weighted by atomic mass is 16.5. The van der Waals surface area contributed by atoms with E-state index in [1.54, 1.807) is 38.1 Å². The highest BCUT2D eigenvalue weighted by Gasteiger charge is 2.27. The van der Waals surface area contributed by atoms with Gasteiger partial charge in [0.25, 0.3) is 0 Å². The maximum Gasteiger partial charge on any atom is 0.375 e. The fourth-order valence-corrected chi connectivity index (χ4v) is 1.79. The standard InChI is InChI=1S/C14H14O5/c1-3-17-13(15)11-9-7-5-6-8-10(9)19-12(11)14(16)18-4-2/h5-8H,3-4H2,1-2H3. The second-order valence-electron chi connectivity index (χ2n) is 3.74. The van der Waals surface area contributed by atoms with Gasteiger partial charge in [-0.3, -0.25) is 0 Å². The van der Waals surface area contributed by atoms with Crippen molar-refractivity contribution in [2.45, 2.75) is 13.8 Å². The number of furan rings is 1. The van der Waals surface area contributed by atoms with E-state index in [1.807, 2.05) is 0 Å². The van der Waals surface area contributed by atoms with Crippen LogP contribution in [0.3, 0.4) is 0 Å². The van der Waals surface area contributed by atoms with E-state index in [-0.39, 0.29) is 24.5 Å². The van der Waals surface area contributed by atoms with Gasteiger partial charge in [-0.05, 0) is 19.9 Å². The van der Waals surface area contributed by atoms with Crippen LogP contribution >= 0.6 is 0 Å². The molecule has 0 atom stereocenters. The van der Waals surface area contributed by atoms with Gasteiger partial charge in [0.1, 0.15) is 11.1 Å². The third-order valence-corrected chi connectivity index (χ3v) is 2.54. The molecule has 2 rings (SSSR count). The van der Waals surface area contributed by atoms with Crippen LogP contribution in [0.2, 0.25) is 0 Å². The van der Waals surface area contributed by atoms with E-state index >= 15 is 0 Å². The van der Waals surface area contributed by atoms with Crippen molar-refractivity contribution in [3.05, 3.63) is 35.6 Å².